The van der Waals surface area contributed by atoms with Crippen LogP contribution in [0.15, 0.2) is 0 Å². The minimum absolute atomic E-state index is 0.132. The van der Waals surface area contributed by atoms with Crippen molar-refractivity contribution in [3.8, 4) is 0 Å². The van der Waals surface area contributed by atoms with E-state index in [9.17, 15) is 9.59 Å². The van der Waals surface area contributed by atoms with Crippen molar-refractivity contribution in [3.63, 3.8) is 0 Å². The SMILES string of the molecule is CCCCCCOC(=O)CCCCC(=O)OCC(CC)(CC)CCCC. The Labute approximate surface area is 161 Å². The summed E-state index contributed by atoms with van der Waals surface area (Å²) in [5, 5.41) is 0. The first-order valence-electron chi connectivity index (χ1n) is 10.8. The van der Waals surface area contributed by atoms with Crippen molar-refractivity contribution in [2.45, 2.75) is 111 Å². The van der Waals surface area contributed by atoms with E-state index in [1.165, 1.54) is 25.7 Å². The molecule has 0 fully saturated rings. The zero-order chi connectivity index (χ0) is 19.7. The van der Waals surface area contributed by atoms with Gasteiger partial charge in [0.2, 0.25) is 0 Å². The van der Waals surface area contributed by atoms with Crippen LogP contribution in [0.1, 0.15) is 111 Å². The highest BCUT2D eigenvalue weighted by atomic mass is 16.5. The van der Waals surface area contributed by atoms with Crippen LogP contribution < -0.4 is 0 Å². The van der Waals surface area contributed by atoms with Gasteiger partial charge in [0.05, 0.1) is 13.2 Å². The average Bonchev–Trinajstić information content (AvgIpc) is 2.66. The Hall–Kier alpha value is -1.06. The molecule has 0 radical (unpaired) electrons. The summed E-state index contributed by atoms with van der Waals surface area (Å²) in [5.74, 6) is -0.286. The van der Waals surface area contributed by atoms with Gasteiger partial charge in [-0.15, -0.1) is 0 Å². The molecule has 0 saturated carbocycles. The third-order valence-corrected chi connectivity index (χ3v) is 5.37. The van der Waals surface area contributed by atoms with E-state index in [1.54, 1.807) is 0 Å². The maximum atomic E-state index is 12.0. The summed E-state index contributed by atoms with van der Waals surface area (Å²) >= 11 is 0. The summed E-state index contributed by atoms with van der Waals surface area (Å²) in [7, 11) is 0. The van der Waals surface area contributed by atoms with Gasteiger partial charge in [0.25, 0.3) is 0 Å². The summed E-state index contributed by atoms with van der Waals surface area (Å²) in [6, 6.07) is 0. The topological polar surface area (TPSA) is 52.6 Å². The van der Waals surface area contributed by atoms with Crippen molar-refractivity contribution in [3.05, 3.63) is 0 Å². The van der Waals surface area contributed by atoms with Crippen LogP contribution in [0.3, 0.4) is 0 Å². The summed E-state index contributed by atoms with van der Waals surface area (Å²) < 4.78 is 10.7. The molecule has 0 saturated heterocycles. The van der Waals surface area contributed by atoms with Gasteiger partial charge < -0.3 is 9.47 Å². The van der Waals surface area contributed by atoms with Gasteiger partial charge in [0.1, 0.15) is 0 Å². The second-order valence-corrected chi connectivity index (χ2v) is 7.46. The highest BCUT2D eigenvalue weighted by Crippen LogP contribution is 2.33. The van der Waals surface area contributed by atoms with Gasteiger partial charge in [-0.25, -0.2) is 0 Å². The normalized spacial score (nSPS) is 11.4. The molecule has 0 aromatic heterocycles. The summed E-state index contributed by atoms with van der Waals surface area (Å²) in [5.41, 5.74) is 0.132. The van der Waals surface area contributed by atoms with E-state index >= 15 is 0 Å². The molecule has 4 heteroatoms. The van der Waals surface area contributed by atoms with E-state index < -0.39 is 0 Å². The lowest BCUT2D eigenvalue weighted by molar-refractivity contribution is -0.148. The second-order valence-electron chi connectivity index (χ2n) is 7.46. The van der Waals surface area contributed by atoms with Gasteiger partial charge in [0, 0.05) is 18.3 Å². The van der Waals surface area contributed by atoms with Crippen LogP contribution in [0.2, 0.25) is 0 Å². The number of esters is 2. The fourth-order valence-corrected chi connectivity index (χ4v) is 3.06. The molecule has 0 amide bonds. The third kappa shape index (κ3) is 12.3. The zero-order valence-electron chi connectivity index (χ0n) is 17.7. The number of carbonyl (C=O) groups is 2. The molecule has 26 heavy (non-hydrogen) atoms. The lowest BCUT2D eigenvalue weighted by Gasteiger charge is -2.31. The Kier molecular flexibility index (Phi) is 15.5. The molecule has 0 aliphatic carbocycles. The highest BCUT2D eigenvalue weighted by molar-refractivity contribution is 5.70. The van der Waals surface area contributed by atoms with Crippen molar-refractivity contribution >= 4 is 11.9 Å². The molecule has 0 aromatic carbocycles. The molecule has 0 bridgehead atoms. The predicted octanol–water partition coefficient (Wildman–Crippen LogP) is 6.21. The molecule has 0 aliphatic heterocycles. The van der Waals surface area contributed by atoms with Crippen LogP contribution in [0, 0.1) is 5.41 Å². The van der Waals surface area contributed by atoms with E-state index in [2.05, 4.69) is 27.7 Å². The first kappa shape index (κ1) is 24.9. The Bertz CT molecular complexity index is 361. The maximum Gasteiger partial charge on any atom is 0.305 e. The minimum Gasteiger partial charge on any atom is -0.466 e. The lowest BCUT2D eigenvalue weighted by atomic mass is 9.78. The number of unbranched alkanes of at least 4 members (excludes halogenated alkanes) is 5. The number of rotatable bonds is 17. The third-order valence-electron chi connectivity index (χ3n) is 5.37. The van der Waals surface area contributed by atoms with Gasteiger partial charge in [-0.2, -0.15) is 0 Å². The van der Waals surface area contributed by atoms with Crippen LogP contribution in [0.25, 0.3) is 0 Å². The molecule has 154 valence electrons. The fraction of sp³-hybridized carbons (Fsp3) is 0.909. The van der Waals surface area contributed by atoms with Gasteiger partial charge in [-0.1, -0.05) is 59.8 Å². The Balaban J connectivity index is 3.83. The molecule has 0 unspecified atom stereocenters. The van der Waals surface area contributed by atoms with Crippen molar-refractivity contribution in [2.24, 2.45) is 5.41 Å². The van der Waals surface area contributed by atoms with E-state index in [-0.39, 0.29) is 17.4 Å². The number of hydrogen-bond acceptors (Lipinski definition) is 4. The molecule has 0 aliphatic rings. The highest BCUT2D eigenvalue weighted by Gasteiger charge is 2.27. The molecule has 0 N–H and O–H groups in total. The van der Waals surface area contributed by atoms with Gasteiger partial charge >= 0.3 is 11.9 Å². The van der Waals surface area contributed by atoms with E-state index in [0.717, 1.165) is 32.1 Å². The van der Waals surface area contributed by atoms with Crippen molar-refractivity contribution < 1.29 is 19.1 Å². The Morgan fingerprint density at radius 3 is 1.81 bits per heavy atom. The van der Waals surface area contributed by atoms with Crippen LogP contribution in [0.4, 0.5) is 0 Å². The van der Waals surface area contributed by atoms with Gasteiger partial charge in [-0.05, 0) is 38.5 Å². The number of hydrogen-bond donors (Lipinski definition) is 0. The smallest absolute Gasteiger partial charge is 0.305 e. The van der Waals surface area contributed by atoms with Crippen molar-refractivity contribution in [1.29, 1.82) is 0 Å². The van der Waals surface area contributed by atoms with Crippen LogP contribution in [-0.2, 0) is 19.1 Å². The van der Waals surface area contributed by atoms with Crippen LogP contribution in [-0.4, -0.2) is 25.2 Å². The largest absolute Gasteiger partial charge is 0.466 e. The van der Waals surface area contributed by atoms with Crippen molar-refractivity contribution in [1.82, 2.24) is 0 Å². The fourth-order valence-electron chi connectivity index (χ4n) is 3.06. The van der Waals surface area contributed by atoms with E-state index in [1.807, 2.05) is 0 Å². The molecular formula is C22H42O4. The monoisotopic (exact) mass is 370 g/mol. The summed E-state index contributed by atoms with van der Waals surface area (Å²) in [6.45, 7) is 9.76. The minimum atomic E-state index is -0.148. The van der Waals surface area contributed by atoms with E-state index in [0.29, 0.717) is 38.9 Å². The van der Waals surface area contributed by atoms with Crippen LogP contribution >= 0.6 is 0 Å². The molecular weight excluding hydrogens is 328 g/mol. The summed E-state index contributed by atoms with van der Waals surface area (Å²) in [4.78, 5) is 23.6. The molecule has 0 atom stereocenters. The quantitative estimate of drug-likeness (QED) is 0.226. The van der Waals surface area contributed by atoms with Gasteiger partial charge in [-0.3, -0.25) is 9.59 Å². The Morgan fingerprint density at radius 2 is 1.27 bits per heavy atom. The lowest BCUT2D eigenvalue weighted by Crippen LogP contribution is -2.27. The number of ether oxygens (including phenoxy) is 2. The standard InChI is InChI=1S/C22H42O4/c1-5-9-11-14-18-25-20(23)15-12-13-16-21(24)26-19-22(7-3,8-4)17-10-6-2/h5-19H2,1-4H3. The zero-order valence-corrected chi connectivity index (χ0v) is 17.7. The molecule has 0 spiro atoms. The molecule has 0 rings (SSSR count). The van der Waals surface area contributed by atoms with Crippen LogP contribution in [0.5, 0.6) is 0 Å². The number of carbonyl (C=O) groups excluding carboxylic acids is 2. The first-order chi connectivity index (χ1) is 12.5. The maximum absolute atomic E-state index is 12.0. The van der Waals surface area contributed by atoms with Gasteiger partial charge in [0.15, 0.2) is 0 Å². The van der Waals surface area contributed by atoms with E-state index in [4.69, 9.17) is 9.47 Å². The molecule has 0 aromatic rings. The Morgan fingerprint density at radius 1 is 0.692 bits per heavy atom. The molecule has 0 heterocycles. The molecule has 4 nitrogen and oxygen atoms in total. The van der Waals surface area contributed by atoms with Crippen molar-refractivity contribution in [2.75, 3.05) is 13.2 Å². The summed E-state index contributed by atoms with van der Waals surface area (Å²) in [6.07, 6.45) is 12.1. The second kappa shape index (κ2) is 16.1. The first-order valence-corrected chi connectivity index (χ1v) is 10.8. The predicted molar refractivity (Wildman–Crippen MR) is 107 cm³/mol. The average molecular weight is 371 g/mol.